The number of nitrogens with one attached hydrogen (secondary N) is 1. The molecule has 5 nitrogen and oxygen atoms in total. The molecule has 0 aliphatic rings. The first kappa shape index (κ1) is 14.9. The number of hydrogen-bond donors (Lipinski definition) is 3. The van der Waals surface area contributed by atoms with Crippen LogP contribution < -0.4 is 5.32 Å². The highest BCUT2D eigenvalue weighted by Gasteiger charge is 2.13. The first-order valence-corrected chi connectivity index (χ1v) is 7.39. The summed E-state index contributed by atoms with van der Waals surface area (Å²) in [5.41, 5.74) is 3.21. The Hall–Kier alpha value is -1.11. The lowest BCUT2D eigenvalue weighted by atomic mass is 10.1. The van der Waals surface area contributed by atoms with E-state index in [9.17, 15) is 13.5 Å². The van der Waals surface area contributed by atoms with E-state index < -0.39 is 22.0 Å². The summed E-state index contributed by atoms with van der Waals surface area (Å²) < 4.78 is 29.7. The van der Waals surface area contributed by atoms with Crippen LogP contribution in [0.25, 0.3) is 0 Å². The van der Waals surface area contributed by atoms with Gasteiger partial charge in [-0.2, -0.15) is 8.42 Å². The van der Waals surface area contributed by atoms with Crippen LogP contribution in [-0.4, -0.2) is 36.5 Å². The zero-order valence-electron chi connectivity index (χ0n) is 10.5. The van der Waals surface area contributed by atoms with E-state index in [0.717, 1.165) is 17.7 Å². The molecule has 0 amide bonds. The Kier molecular flexibility index (Phi) is 5.13. The Morgan fingerprint density at radius 2 is 2.06 bits per heavy atom. The van der Waals surface area contributed by atoms with Gasteiger partial charge in [0, 0.05) is 12.2 Å². The maximum Gasteiger partial charge on any atom is 0.267 e. The molecule has 1 rings (SSSR count). The third-order valence-electron chi connectivity index (χ3n) is 2.67. The maximum absolute atomic E-state index is 10.6. The second-order valence-corrected chi connectivity index (χ2v) is 5.78. The summed E-state index contributed by atoms with van der Waals surface area (Å²) in [5, 5.41) is 12.3. The monoisotopic (exact) mass is 273 g/mol. The first-order chi connectivity index (χ1) is 8.31. The fourth-order valence-electron chi connectivity index (χ4n) is 1.74. The van der Waals surface area contributed by atoms with Crippen molar-refractivity contribution in [2.45, 2.75) is 26.4 Å². The smallest absolute Gasteiger partial charge is 0.267 e. The fraction of sp³-hybridized carbons (Fsp3) is 0.500. The second-order valence-electron chi connectivity index (χ2n) is 4.28. The van der Waals surface area contributed by atoms with Gasteiger partial charge < -0.3 is 10.4 Å². The third-order valence-corrected chi connectivity index (χ3v) is 3.47. The molecule has 0 saturated carbocycles. The molecule has 0 fully saturated rings. The molecule has 6 heteroatoms. The summed E-state index contributed by atoms with van der Waals surface area (Å²) in [6, 6.07) is 5.82. The SMILES string of the molecule is CCc1ccc(NCC(O)CS(=O)(=O)O)cc1C. The third kappa shape index (κ3) is 5.03. The molecule has 1 atom stereocenters. The summed E-state index contributed by atoms with van der Waals surface area (Å²) in [6.45, 7) is 4.15. The van der Waals surface area contributed by atoms with Gasteiger partial charge in [-0.3, -0.25) is 4.55 Å². The van der Waals surface area contributed by atoms with Gasteiger partial charge in [-0.1, -0.05) is 13.0 Å². The number of benzene rings is 1. The minimum Gasteiger partial charge on any atom is -0.390 e. The summed E-state index contributed by atoms with van der Waals surface area (Å²) in [6.07, 6.45) is -0.177. The van der Waals surface area contributed by atoms with Gasteiger partial charge in [0.1, 0.15) is 5.75 Å². The number of hydrogen-bond acceptors (Lipinski definition) is 4. The molecule has 0 saturated heterocycles. The number of aliphatic hydroxyl groups is 1. The average Bonchev–Trinajstić information content (AvgIpc) is 2.24. The summed E-state index contributed by atoms with van der Waals surface area (Å²) in [4.78, 5) is 0. The maximum atomic E-state index is 10.6. The van der Waals surface area contributed by atoms with E-state index in [4.69, 9.17) is 4.55 Å². The van der Waals surface area contributed by atoms with Crippen LogP contribution in [-0.2, 0) is 16.5 Å². The molecule has 1 aromatic carbocycles. The number of anilines is 1. The highest BCUT2D eigenvalue weighted by molar-refractivity contribution is 7.85. The molecule has 0 radical (unpaired) electrons. The molecule has 0 bridgehead atoms. The van der Waals surface area contributed by atoms with Gasteiger partial charge in [0.25, 0.3) is 10.1 Å². The lowest BCUT2D eigenvalue weighted by molar-refractivity contribution is 0.208. The molecular weight excluding hydrogens is 254 g/mol. The van der Waals surface area contributed by atoms with Crippen LogP contribution in [0.4, 0.5) is 5.69 Å². The van der Waals surface area contributed by atoms with Crippen molar-refractivity contribution >= 4 is 15.8 Å². The molecule has 0 aliphatic heterocycles. The van der Waals surface area contributed by atoms with E-state index in [1.807, 2.05) is 25.1 Å². The van der Waals surface area contributed by atoms with E-state index in [-0.39, 0.29) is 6.54 Å². The zero-order valence-corrected chi connectivity index (χ0v) is 11.4. The Morgan fingerprint density at radius 1 is 1.39 bits per heavy atom. The van der Waals surface area contributed by atoms with Crippen LogP contribution in [0.1, 0.15) is 18.1 Å². The van der Waals surface area contributed by atoms with E-state index in [2.05, 4.69) is 12.2 Å². The van der Waals surface area contributed by atoms with Crippen molar-refractivity contribution in [3.8, 4) is 0 Å². The first-order valence-electron chi connectivity index (χ1n) is 5.78. The molecule has 102 valence electrons. The molecule has 0 aliphatic carbocycles. The predicted octanol–water partition coefficient (Wildman–Crippen LogP) is 1.22. The Labute approximate surface area is 108 Å². The zero-order chi connectivity index (χ0) is 13.8. The van der Waals surface area contributed by atoms with Gasteiger partial charge in [0.05, 0.1) is 6.10 Å². The Balaban J connectivity index is 2.56. The summed E-state index contributed by atoms with van der Waals surface area (Å²) in [5.74, 6) is -0.661. The van der Waals surface area contributed by atoms with Crippen molar-refractivity contribution in [1.82, 2.24) is 0 Å². The molecule has 0 spiro atoms. The quantitative estimate of drug-likeness (QED) is 0.678. The molecule has 1 unspecified atom stereocenters. The topological polar surface area (TPSA) is 86.6 Å². The summed E-state index contributed by atoms with van der Waals surface area (Å²) >= 11 is 0. The summed E-state index contributed by atoms with van der Waals surface area (Å²) in [7, 11) is -4.14. The highest BCUT2D eigenvalue weighted by Crippen LogP contribution is 2.15. The van der Waals surface area contributed by atoms with Gasteiger partial charge in [-0.05, 0) is 36.6 Å². The largest absolute Gasteiger partial charge is 0.390 e. The second kappa shape index (κ2) is 6.17. The Bertz CT molecular complexity index is 499. The van der Waals surface area contributed by atoms with E-state index in [0.29, 0.717) is 0 Å². The standard InChI is InChI=1S/C12H19NO4S/c1-3-10-4-5-11(6-9(10)2)13-7-12(14)8-18(15,16)17/h4-6,12-14H,3,7-8H2,1-2H3,(H,15,16,17). The van der Waals surface area contributed by atoms with Gasteiger partial charge >= 0.3 is 0 Å². The van der Waals surface area contributed by atoms with E-state index >= 15 is 0 Å². The van der Waals surface area contributed by atoms with Crippen LogP contribution in [0.3, 0.4) is 0 Å². The number of aryl methyl sites for hydroxylation is 2. The van der Waals surface area contributed by atoms with Crippen molar-refractivity contribution in [3.05, 3.63) is 29.3 Å². The highest BCUT2D eigenvalue weighted by atomic mass is 32.2. The van der Waals surface area contributed by atoms with Crippen LogP contribution in [0.2, 0.25) is 0 Å². The van der Waals surface area contributed by atoms with Crippen molar-refractivity contribution in [1.29, 1.82) is 0 Å². The molecular formula is C12H19NO4S. The molecule has 3 N–H and O–H groups in total. The van der Waals surface area contributed by atoms with Crippen LogP contribution in [0.5, 0.6) is 0 Å². The van der Waals surface area contributed by atoms with Gasteiger partial charge in [-0.25, -0.2) is 0 Å². The lowest BCUT2D eigenvalue weighted by Crippen LogP contribution is -2.27. The normalized spacial score (nSPS) is 13.3. The van der Waals surface area contributed by atoms with E-state index in [1.165, 1.54) is 5.56 Å². The molecule has 0 aromatic heterocycles. The van der Waals surface area contributed by atoms with Crippen LogP contribution >= 0.6 is 0 Å². The minimum atomic E-state index is -4.14. The minimum absolute atomic E-state index is 0.0741. The molecule has 18 heavy (non-hydrogen) atoms. The molecule has 0 heterocycles. The average molecular weight is 273 g/mol. The lowest BCUT2D eigenvalue weighted by Gasteiger charge is -2.13. The van der Waals surface area contributed by atoms with Gasteiger partial charge in [0.15, 0.2) is 0 Å². The van der Waals surface area contributed by atoms with Crippen LogP contribution in [0.15, 0.2) is 18.2 Å². The van der Waals surface area contributed by atoms with Gasteiger partial charge in [0.2, 0.25) is 0 Å². The molecule has 1 aromatic rings. The number of rotatable bonds is 6. The predicted molar refractivity (Wildman–Crippen MR) is 71.5 cm³/mol. The van der Waals surface area contributed by atoms with Gasteiger partial charge in [-0.15, -0.1) is 0 Å². The van der Waals surface area contributed by atoms with Crippen molar-refractivity contribution in [2.24, 2.45) is 0 Å². The van der Waals surface area contributed by atoms with E-state index in [1.54, 1.807) is 0 Å². The van der Waals surface area contributed by atoms with Crippen LogP contribution in [0, 0.1) is 6.92 Å². The Morgan fingerprint density at radius 3 is 2.56 bits per heavy atom. The van der Waals surface area contributed by atoms with Crippen molar-refractivity contribution in [2.75, 3.05) is 17.6 Å². The van der Waals surface area contributed by atoms with Crippen molar-refractivity contribution in [3.63, 3.8) is 0 Å². The van der Waals surface area contributed by atoms with Crippen molar-refractivity contribution < 1.29 is 18.1 Å². The fourth-order valence-corrected chi connectivity index (χ4v) is 2.34. The number of aliphatic hydroxyl groups excluding tert-OH is 1.